The molecule has 8 heteroatoms. The summed E-state index contributed by atoms with van der Waals surface area (Å²) in [5.41, 5.74) is 2.48. The molecule has 1 aromatic heterocycles. The first-order chi connectivity index (χ1) is 12.3. The Hall–Kier alpha value is -2.45. The number of aryl methyl sites for hydroxylation is 3. The molecular weight excluding hydrogens is 352 g/mol. The van der Waals surface area contributed by atoms with Gasteiger partial charge in [-0.3, -0.25) is 9.48 Å². The van der Waals surface area contributed by atoms with E-state index in [9.17, 15) is 13.2 Å². The van der Waals surface area contributed by atoms with Crippen LogP contribution in [-0.2, 0) is 16.6 Å². The van der Waals surface area contributed by atoms with Gasteiger partial charge in [-0.1, -0.05) is 6.08 Å². The topological polar surface area (TPSA) is 93.1 Å². The normalized spacial score (nSPS) is 11.3. The van der Waals surface area contributed by atoms with Crippen molar-refractivity contribution in [1.82, 2.24) is 19.8 Å². The van der Waals surface area contributed by atoms with Gasteiger partial charge in [-0.25, -0.2) is 13.1 Å². The quantitative estimate of drug-likeness (QED) is 0.515. The van der Waals surface area contributed by atoms with Gasteiger partial charge in [0.15, 0.2) is 0 Å². The second-order valence-corrected chi connectivity index (χ2v) is 7.69. The van der Waals surface area contributed by atoms with E-state index in [1.807, 2.05) is 24.6 Å². The number of rotatable bonds is 9. The van der Waals surface area contributed by atoms with Gasteiger partial charge in [0.05, 0.1) is 10.6 Å². The first-order valence-electron chi connectivity index (χ1n) is 8.33. The molecule has 7 nitrogen and oxygen atoms in total. The molecule has 0 saturated carbocycles. The fourth-order valence-corrected chi connectivity index (χ4v) is 3.47. The Balaban J connectivity index is 1.86. The summed E-state index contributed by atoms with van der Waals surface area (Å²) in [4.78, 5) is 12.3. The highest BCUT2D eigenvalue weighted by Crippen LogP contribution is 2.10. The lowest BCUT2D eigenvalue weighted by molar-refractivity contribution is 0.0952. The molecule has 0 aliphatic carbocycles. The monoisotopic (exact) mass is 376 g/mol. The summed E-state index contributed by atoms with van der Waals surface area (Å²) in [5.74, 6) is -0.235. The van der Waals surface area contributed by atoms with Crippen LogP contribution in [0.4, 0.5) is 0 Å². The van der Waals surface area contributed by atoms with Gasteiger partial charge in [0.1, 0.15) is 0 Å². The van der Waals surface area contributed by atoms with Gasteiger partial charge in [-0.2, -0.15) is 5.10 Å². The zero-order valence-corrected chi connectivity index (χ0v) is 15.8. The van der Waals surface area contributed by atoms with E-state index >= 15 is 0 Å². The largest absolute Gasteiger partial charge is 0.352 e. The van der Waals surface area contributed by atoms with Crippen molar-refractivity contribution in [3.8, 4) is 0 Å². The van der Waals surface area contributed by atoms with Gasteiger partial charge in [0.2, 0.25) is 10.0 Å². The van der Waals surface area contributed by atoms with Crippen LogP contribution < -0.4 is 10.0 Å². The zero-order valence-electron chi connectivity index (χ0n) is 15.0. The molecule has 0 radical (unpaired) electrons. The molecule has 0 spiro atoms. The number of benzene rings is 1. The molecule has 0 fully saturated rings. The molecule has 0 atom stereocenters. The number of nitrogens with one attached hydrogen (secondary N) is 2. The second-order valence-electron chi connectivity index (χ2n) is 5.92. The summed E-state index contributed by atoms with van der Waals surface area (Å²) >= 11 is 0. The summed E-state index contributed by atoms with van der Waals surface area (Å²) in [6.45, 7) is 8.81. The molecule has 140 valence electrons. The van der Waals surface area contributed by atoms with E-state index in [1.54, 1.807) is 0 Å². The number of amides is 1. The van der Waals surface area contributed by atoms with E-state index in [0.29, 0.717) is 12.1 Å². The molecule has 1 heterocycles. The van der Waals surface area contributed by atoms with Gasteiger partial charge in [0.25, 0.3) is 5.91 Å². The van der Waals surface area contributed by atoms with E-state index in [4.69, 9.17) is 0 Å². The third kappa shape index (κ3) is 5.27. The first kappa shape index (κ1) is 19.9. The maximum Gasteiger partial charge on any atom is 0.251 e. The standard InChI is InChI=1S/C18H24N4O3S/c1-4-10-20-26(24,25)17-8-6-16(7-9-17)18(23)19-11-5-12-22-15(3)13-14(2)21-22/h4,6-9,13,20H,1,5,10-12H2,2-3H3,(H,19,23). The molecule has 0 saturated heterocycles. The minimum atomic E-state index is -3.58. The highest BCUT2D eigenvalue weighted by molar-refractivity contribution is 7.89. The molecule has 2 N–H and O–H groups in total. The molecule has 0 aliphatic rings. The molecular formula is C18H24N4O3S. The third-order valence-corrected chi connectivity index (χ3v) is 5.22. The SMILES string of the molecule is C=CCNS(=O)(=O)c1ccc(C(=O)NCCCn2nc(C)cc2C)cc1. The number of hydrogen-bond acceptors (Lipinski definition) is 4. The lowest BCUT2D eigenvalue weighted by Gasteiger charge is -2.08. The van der Waals surface area contributed by atoms with Crippen LogP contribution in [-0.4, -0.2) is 37.2 Å². The number of hydrogen-bond donors (Lipinski definition) is 2. The van der Waals surface area contributed by atoms with Crippen LogP contribution in [0.3, 0.4) is 0 Å². The van der Waals surface area contributed by atoms with Gasteiger partial charge < -0.3 is 5.32 Å². The average molecular weight is 376 g/mol. The lowest BCUT2D eigenvalue weighted by atomic mass is 10.2. The second kappa shape index (κ2) is 8.77. The van der Waals surface area contributed by atoms with E-state index < -0.39 is 10.0 Å². The Kier molecular flexibility index (Phi) is 6.70. The summed E-state index contributed by atoms with van der Waals surface area (Å²) in [6.07, 6.45) is 2.22. The molecule has 1 aromatic carbocycles. The summed E-state index contributed by atoms with van der Waals surface area (Å²) in [6, 6.07) is 7.84. The van der Waals surface area contributed by atoms with Crippen molar-refractivity contribution in [1.29, 1.82) is 0 Å². The van der Waals surface area contributed by atoms with Crippen LogP contribution in [0, 0.1) is 13.8 Å². The number of aromatic nitrogens is 2. The van der Waals surface area contributed by atoms with Gasteiger partial charge in [-0.05, 0) is 50.6 Å². The number of sulfonamides is 1. The minimum Gasteiger partial charge on any atom is -0.352 e. The average Bonchev–Trinajstić information content (AvgIpc) is 2.94. The Morgan fingerprint density at radius 1 is 1.27 bits per heavy atom. The number of carbonyl (C=O) groups is 1. The molecule has 26 heavy (non-hydrogen) atoms. The number of nitrogens with zero attached hydrogens (tertiary/aromatic N) is 2. The molecule has 0 bridgehead atoms. The molecule has 1 amide bonds. The predicted molar refractivity (Wildman–Crippen MR) is 100 cm³/mol. The van der Waals surface area contributed by atoms with Crippen LogP contribution in [0.1, 0.15) is 28.2 Å². The lowest BCUT2D eigenvalue weighted by Crippen LogP contribution is -2.26. The minimum absolute atomic E-state index is 0.112. The summed E-state index contributed by atoms with van der Waals surface area (Å²) < 4.78 is 28.3. The van der Waals surface area contributed by atoms with Crippen molar-refractivity contribution < 1.29 is 13.2 Å². The Morgan fingerprint density at radius 3 is 2.54 bits per heavy atom. The smallest absolute Gasteiger partial charge is 0.251 e. The third-order valence-electron chi connectivity index (χ3n) is 3.78. The van der Waals surface area contributed by atoms with Crippen molar-refractivity contribution in [2.75, 3.05) is 13.1 Å². The van der Waals surface area contributed by atoms with E-state index in [0.717, 1.165) is 24.4 Å². The van der Waals surface area contributed by atoms with E-state index in [-0.39, 0.29) is 17.3 Å². The van der Waals surface area contributed by atoms with Crippen LogP contribution in [0.2, 0.25) is 0 Å². The van der Waals surface area contributed by atoms with Gasteiger partial charge >= 0.3 is 0 Å². The van der Waals surface area contributed by atoms with Crippen LogP contribution in [0.15, 0.2) is 47.9 Å². The Bertz CT molecular complexity index is 870. The van der Waals surface area contributed by atoms with Crippen molar-refractivity contribution in [2.24, 2.45) is 0 Å². The van der Waals surface area contributed by atoms with Crippen LogP contribution in [0.25, 0.3) is 0 Å². The first-order valence-corrected chi connectivity index (χ1v) is 9.81. The van der Waals surface area contributed by atoms with Gasteiger partial charge in [0, 0.05) is 30.9 Å². The fraction of sp³-hybridized carbons (Fsp3) is 0.333. The Labute approximate surface area is 154 Å². The van der Waals surface area contributed by atoms with Crippen molar-refractivity contribution in [2.45, 2.75) is 31.7 Å². The fourth-order valence-electron chi connectivity index (χ4n) is 2.47. The van der Waals surface area contributed by atoms with Crippen LogP contribution in [0.5, 0.6) is 0 Å². The molecule has 2 rings (SSSR count). The highest BCUT2D eigenvalue weighted by atomic mass is 32.2. The molecule has 2 aromatic rings. The predicted octanol–water partition coefficient (Wildman–Crippen LogP) is 1.78. The van der Waals surface area contributed by atoms with E-state index in [1.165, 1.54) is 30.3 Å². The molecule has 0 unspecified atom stereocenters. The van der Waals surface area contributed by atoms with Crippen molar-refractivity contribution >= 4 is 15.9 Å². The maximum atomic E-state index is 12.1. The summed E-state index contributed by atoms with van der Waals surface area (Å²) in [7, 11) is -3.58. The highest BCUT2D eigenvalue weighted by Gasteiger charge is 2.13. The van der Waals surface area contributed by atoms with Gasteiger partial charge in [-0.15, -0.1) is 6.58 Å². The Morgan fingerprint density at radius 2 is 1.96 bits per heavy atom. The maximum absolute atomic E-state index is 12.1. The number of carbonyl (C=O) groups excluding carboxylic acids is 1. The van der Waals surface area contributed by atoms with Crippen LogP contribution >= 0.6 is 0 Å². The summed E-state index contributed by atoms with van der Waals surface area (Å²) in [5, 5.41) is 7.20. The van der Waals surface area contributed by atoms with Crippen molar-refractivity contribution in [3.05, 3.63) is 59.9 Å². The zero-order chi connectivity index (χ0) is 19.2. The van der Waals surface area contributed by atoms with Crippen molar-refractivity contribution in [3.63, 3.8) is 0 Å². The van der Waals surface area contributed by atoms with E-state index in [2.05, 4.69) is 21.7 Å². The molecule has 0 aliphatic heterocycles.